The molecule has 0 saturated carbocycles. The number of anilines is 4. The van der Waals surface area contributed by atoms with E-state index in [1.807, 2.05) is 30.3 Å². The van der Waals surface area contributed by atoms with Crippen LogP contribution in [-0.4, -0.2) is 17.6 Å². The first kappa shape index (κ1) is 15.6. The molecule has 0 fully saturated rings. The first-order valence-electron chi connectivity index (χ1n) is 7.32. The molecule has 2 rings (SSSR count). The Labute approximate surface area is 130 Å². The molecule has 1 aromatic heterocycles. The zero-order valence-corrected chi connectivity index (χ0v) is 12.6. The van der Waals surface area contributed by atoms with Crippen molar-refractivity contribution in [2.45, 2.75) is 19.8 Å². The summed E-state index contributed by atoms with van der Waals surface area (Å²) in [6.07, 6.45) is 1.98. The number of urea groups is 1. The molecule has 6 heteroatoms. The Hall–Kier alpha value is -2.76. The Morgan fingerprint density at radius 1 is 1.18 bits per heavy atom. The van der Waals surface area contributed by atoms with E-state index < -0.39 is 0 Å². The molecule has 2 aromatic rings. The minimum absolute atomic E-state index is 0.270. The maximum Gasteiger partial charge on any atom is 0.319 e. The number of carbonyl (C=O) groups excluding carboxylic acids is 1. The van der Waals surface area contributed by atoms with E-state index in [0.717, 1.165) is 18.5 Å². The van der Waals surface area contributed by atoms with Gasteiger partial charge in [-0.3, -0.25) is 0 Å². The molecule has 0 atom stereocenters. The summed E-state index contributed by atoms with van der Waals surface area (Å²) in [4.78, 5) is 15.9. The molecule has 6 nitrogen and oxygen atoms in total. The Kier molecular flexibility index (Phi) is 5.59. The van der Waals surface area contributed by atoms with Gasteiger partial charge in [0.25, 0.3) is 0 Å². The maximum atomic E-state index is 11.7. The summed E-state index contributed by atoms with van der Waals surface area (Å²) in [5.74, 6) is 0.896. The Balaban J connectivity index is 1.96. The zero-order chi connectivity index (χ0) is 15.8. The quantitative estimate of drug-likeness (QED) is 0.616. The molecular weight excluding hydrogens is 278 g/mol. The molecule has 0 aliphatic heterocycles. The third-order valence-electron chi connectivity index (χ3n) is 3.04. The molecule has 0 bridgehead atoms. The first-order valence-corrected chi connectivity index (χ1v) is 7.32. The van der Waals surface area contributed by atoms with Crippen LogP contribution in [0.3, 0.4) is 0 Å². The van der Waals surface area contributed by atoms with E-state index in [1.165, 1.54) is 0 Å². The highest BCUT2D eigenvalue weighted by molar-refractivity contribution is 5.92. The Morgan fingerprint density at radius 2 is 1.95 bits per heavy atom. The van der Waals surface area contributed by atoms with Gasteiger partial charge >= 0.3 is 6.03 Å². The molecule has 0 aliphatic carbocycles. The van der Waals surface area contributed by atoms with Crippen LogP contribution in [0.15, 0.2) is 42.5 Å². The number of nitrogens with one attached hydrogen (secondary N) is 3. The van der Waals surface area contributed by atoms with Gasteiger partial charge in [-0.2, -0.15) is 0 Å². The van der Waals surface area contributed by atoms with Gasteiger partial charge < -0.3 is 21.7 Å². The van der Waals surface area contributed by atoms with Gasteiger partial charge in [-0.25, -0.2) is 9.78 Å². The zero-order valence-electron chi connectivity index (χ0n) is 12.6. The van der Waals surface area contributed by atoms with Crippen molar-refractivity contribution >= 4 is 29.0 Å². The van der Waals surface area contributed by atoms with Crippen LogP contribution < -0.4 is 21.7 Å². The smallest absolute Gasteiger partial charge is 0.319 e. The fourth-order valence-corrected chi connectivity index (χ4v) is 1.86. The van der Waals surface area contributed by atoms with Crippen molar-refractivity contribution in [2.75, 3.05) is 22.9 Å². The molecule has 2 amide bonds. The van der Waals surface area contributed by atoms with Crippen LogP contribution in [0.5, 0.6) is 0 Å². The van der Waals surface area contributed by atoms with E-state index in [1.54, 1.807) is 12.1 Å². The lowest BCUT2D eigenvalue weighted by molar-refractivity contribution is 0.252. The van der Waals surface area contributed by atoms with Crippen molar-refractivity contribution < 1.29 is 4.79 Å². The molecule has 0 unspecified atom stereocenters. The van der Waals surface area contributed by atoms with Crippen LogP contribution in [0.4, 0.5) is 27.8 Å². The van der Waals surface area contributed by atoms with Crippen LogP contribution in [0.1, 0.15) is 19.8 Å². The second-order valence-electron chi connectivity index (χ2n) is 4.85. The van der Waals surface area contributed by atoms with Crippen LogP contribution in [0, 0.1) is 0 Å². The monoisotopic (exact) mass is 299 g/mol. The van der Waals surface area contributed by atoms with Crippen LogP contribution in [-0.2, 0) is 0 Å². The Morgan fingerprint density at radius 3 is 2.64 bits per heavy atom. The van der Waals surface area contributed by atoms with E-state index in [9.17, 15) is 4.79 Å². The van der Waals surface area contributed by atoms with Gasteiger partial charge in [-0.15, -0.1) is 0 Å². The summed E-state index contributed by atoms with van der Waals surface area (Å²) in [7, 11) is 0. The average molecular weight is 299 g/mol. The second kappa shape index (κ2) is 7.87. The summed E-state index contributed by atoms with van der Waals surface area (Å²) in [6.45, 7) is 2.71. The van der Waals surface area contributed by atoms with E-state index in [-0.39, 0.29) is 11.8 Å². The third-order valence-corrected chi connectivity index (χ3v) is 3.04. The highest BCUT2D eigenvalue weighted by Crippen LogP contribution is 2.21. The molecule has 0 saturated heterocycles. The van der Waals surface area contributed by atoms with E-state index in [0.29, 0.717) is 18.1 Å². The summed E-state index contributed by atoms with van der Waals surface area (Å²) in [5.41, 5.74) is 7.30. The molecular formula is C16H21N5O. The number of unbranched alkanes of at least 4 members (excludes halogenated alkanes) is 1. The molecule has 0 spiro atoms. The number of benzene rings is 1. The van der Waals surface area contributed by atoms with Crippen LogP contribution >= 0.6 is 0 Å². The number of hydrogen-bond acceptors (Lipinski definition) is 4. The van der Waals surface area contributed by atoms with E-state index in [4.69, 9.17) is 5.73 Å². The SMILES string of the molecule is CCCCNC(=O)Nc1ccc(Nc2ccccc2)nc1N. The minimum atomic E-state index is -0.272. The molecule has 5 N–H and O–H groups in total. The molecule has 1 aromatic carbocycles. The maximum absolute atomic E-state index is 11.7. The number of aromatic nitrogens is 1. The largest absolute Gasteiger partial charge is 0.382 e. The highest BCUT2D eigenvalue weighted by atomic mass is 16.2. The van der Waals surface area contributed by atoms with E-state index in [2.05, 4.69) is 27.9 Å². The third kappa shape index (κ3) is 4.66. The lowest BCUT2D eigenvalue weighted by Crippen LogP contribution is -2.29. The summed E-state index contributed by atoms with van der Waals surface area (Å²) in [5, 5.41) is 8.61. The topological polar surface area (TPSA) is 92.1 Å². The molecule has 1 heterocycles. The average Bonchev–Trinajstić information content (AvgIpc) is 2.51. The second-order valence-corrected chi connectivity index (χ2v) is 4.85. The standard InChI is InChI=1S/C16H21N5O/c1-2-3-11-18-16(22)20-13-9-10-14(21-15(13)17)19-12-7-5-4-6-8-12/h4-10H,2-3,11H2,1H3,(H3,17,19,21)(H2,18,20,22). The van der Waals surface area contributed by atoms with Gasteiger partial charge in [0.2, 0.25) is 0 Å². The lowest BCUT2D eigenvalue weighted by Gasteiger charge is -2.11. The molecule has 116 valence electrons. The van der Waals surface area contributed by atoms with Crippen molar-refractivity contribution in [2.24, 2.45) is 0 Å². The number of amides is 2. The van der Waals surface area contributed by atoms with Gasteiger partial charge in [-0.05, 0) is 30.7 Å². The van der Waals surface area contributed by atoms with Crippen molar-refractivity contribution in [1.82, 2.24) is 10.3 Å². The fourth-order valence-electron chi connectivity index (χ4n) is 1.86. The minimum Gasteiger partial charge on any atom is -0.382 e. The number of nitrogen functional groups attached to an aromatic ring is 1. The van der Waals surface area contributed by atoms with Gasteiger partial charge in [0, 0.05) is 12.2 Å². The number of carbonyl (C=O) groups is 1. The number of nitrogens with zero attached hydrogens (tertiary/aromatic N) is 1. The van der Waals surface area contributed by atoms with Crippen molar-refractivity contribution in [3.05, 3.63) is 42.5 Å². The first-order chi connectivity index (χ1) is 10.7. The molecule has 0 radical (unpaired) electrons. The van der Waals surface area contributed by atoms with Gasteiger partial charge in [-0.1, -0.05) is 31.5 Å². The van der Waals surface area contributed by atoms with Gasteiger partial charge in [0.15, 0.2) is 0 Å². The highest BCUT2D eigenvalue weighted by Gasteiger charge is 2.06. The van der Waals surface area contributed by atoms with Crippen molar-refractivity contribution in [3.8, 4) is 0 Å². The number of para-hydroxylation sites is 1. The Bertz CT molecular complexity index is 615. The van der Waals surface area contributed by atoms with Gasteiger partial charge in [0.05, 0.1) is 5.69 Å². The fraction of sp³-hybridized carbons (Fsp3) is 0.250. The van der Waals surface area contributed by atoms with Crippen molar-refractivity contribution in [3.63, 3.8) is 0 Å². The summed E-state index contributed by atoms with van der Waals surface area (Å²) < 4.78 is 0. The number of rotatable bonds is 6. The summed E-state index contributed by atoms with van der Waals surface area (Å²) in [6, 6.07) is 12.9. The number of nitrogens with two attached hydrogens (primary N) is 1. The van der Waals surface area contributed by atoms with Gasteiger partial charge in [0.1, 0.15) is 11.6 Å². The molecule has 22 heavy (non-hydrogen) atoms. The summed E-state index contributed by atoms with van der Waals surface area (Å²) >= 11 is 0. The lowest BCUT2D eigenvalue weighted by atomic mass is 10.3. The number of hydrogen-bond donors (Lipinski definition) is 4. The normalized spacial score (nSPS) is 10.0. The predicted molar refractivity (Wildman–Crippen MR) is 90.3 cm³/mol. The predicted octanol–water partition coefficient (Wildman–Crippen LogP) is 3.33. The van der Waals surface area contributed by atoms with Crippen LogP contribution in [0.2, 0.25) is 0 Å². The van der Waals surface area contributed by atoms with E-state index >= 15 is 0 Å². The van der Waals surface area contributed by atoms with Crippen LogP contribution in [0.25, 0.3) is 0 Å². The molecule has 0 aliphatic rings. The number of pyridine rings is 1. The van der Waals surface area contributed by atoms with Crippen molar-refractivity contribution in [1.29, 1.82) is 0 Å².